The molecule has 0 aliphatic carbocycles. The van der Waals surface area contributed by atoms with Crippen molar-refractivity contribution < 1.29 is 38.2 Å². The number of esters is 1. The molecular formula is C44H69N5O8. The van der Waals surface area contributed by atoms with Gasteiger partial charge in [0.05, 0.1) is 20.3 Å². The van der Waals surface area contributed by atoms with Gasteiger partial charge >= 0.3 is 12.1 Å². The molecule has 2 rings (SSSR count). The van der Waals surface area contributed by atoms with Gasteiger partial charge in [-0.3, -0.25) is 14.4 Å². The molecule has 4 amide bonds. The first-order valence-electron chi connectivity index (χ1n) is 20.7. The Hall–Kier alpha value is -4.49. The van der Waals surface area contributed by atoms with Crippen molar-refractivity contribution in [2.24, 2.45) is 5.92 Å². The van der Waals surface area contributed by atoms with Crippen LogP contribution in [-0.2, 0) is 46.6 Å². The number of hydrogen-bond donors (Lipinski definition) is 4. The van der Waals surface area contributed by atoms with Gasteiger partial charge in [0.2, 0.25) is 17.7 Å². The number of amides is 4. The van der Waals surface area contributed by atoms with Crippen LogP contribution in [0.5, 0.6) is 0 Å². The lowest BCUT2D eigenvalue weighted by molar-refractivity contribution is -0.146. The number of nitrogens with zero attached hydrogens (tertiary/aromatic N) is 1. The van der Waals surface area contributed by atoms with E-state index >= 15 is 0 Å². The molecule has 318 valence electrons. The molecule has 0 bridgehead atoms. The fraction of sp³-hybridized carbons (Fsp3) is 0.614. The zero-order chi connectivity index (χ0) is 41.7. The number of ether oxygens (including phenoxy) is 3. The molecule has 0 radical (unpaired) electrons. The Morgan fingerprint density at radius 3 is 1.81 bits per heavy atom. The van der Waals surface area contributed by atoms with E-state index in [0.717, 1.165) is 36.9 Å². The third kappa shape index (κ3) is 23.4. The minimum absolute atomic E-state index is 0.0783. The SMILES string of the molecule is COC(=O)[C@H](CC(C)C)NC(=O)[C@H](CCCCNC(=O)OCc1ccccc1)NC(=O)[C@H](COCc1ccccc1)NC(=O)CCCCCCCCCCN(C)C. The number of rotatable bonds is 30. The number of carbonyl (C=O) groups is 5. The second-order valence-electron chi connectivity index (χ2n) is 15.3. The van der Waals surface area contributed by atoms with Crippen LogP contribution in [-0.4, -0.2) is 93.7 Å². The third-order valence-corrected chi connectivity index (χ3v) is 9.35. The predicted molar refractivity (Wildman–Crippen MR) is 222 cm³/mol. The van der Waals surface area contributed by atoms with E-state index in [1.54, 1.807) is 0 Å². The molecule has 0 aliphatic rings. The number of unbranched alkanes of at least 4 members (excludes halogenated alkanes) is 8. The average molecular weight is 796 g/mol. The van der Waals surface area contributed by atoms with Crippen LogP contribution in [0.25, 0.3) is 0 Å². The molecule has 0 unspecified atom stereocenters. The first kappa shape index (κ1) is 48.7. The molecule has 0 aromatic heterocycles. The van der Waals surface area contributed by atoms with Gasteiger partial charge in [-0.15, -0.1) is 0 Å². The highest BCUT2D eigenvalue weighted by molar-refractivity contribution is 5.93. The van der Waals surface area contributed by atoms with Gasteiger partial charge in [-0.25, -0.2) is 9.59 Å². The molecule has 0 saturated carbocycles. The summed E-state index contributed by atoms with van der Waals surface area (Å²) >= 11 is 0. The molecule has 13 nitrogen and oxygen atoms in total. The number of methoxy groups -OCH3 is 1. The highest BCUT2D eigenvalue weighted by Gasteiger charge is 2.30. The molecule has 57 heavy (non-hydrogen) atoms. The van der Waals surface area contributed by atoms with Gasteiger partial charge in [0.1, 0.15) is 24.7 Å². The van der Waals surface area contributed by atoms with Crippen LogP contribution in [0.2, 0.25) is 0 Å². The number of benzene rings is 2. The van der Waals surface area contributed by atoms with Crippen molar-refractivity contribution in [3.05, 3.63) is 71.8 Å². The lowest BCUT2D eigenvalue weighted by Gasteiger charge is -2.25. The lowest BCUT2D eigenvalue weighted by Crippen LogP contribution is -2.57. The fourth-order valence-electron chi connectivity index (χ4n) is 6.17. The molecule has 0 heterocycles. The second-order valence-corrected chi connectivity index (χ2v) is 15.3. The summed E-state index contributed by atoms with van der Waals surface area (Å²) in [5.41, 5.74) is 1.78. The minimum Gasteiger partial charge on any atom is -0.467 e. The first-order valence-corrected chi connectivity index (χ1v) is 20.7. The van der Waals surface area contributed by atoms with Crippen molar-refractivity contribution in [1.82, 2.24) is 26.2 Å². The maximum Gasteiger partial charge on any atom is 0.407 e. The number of alkyl carbamates (subject to hydrolysis) is 1. The Labute approximate surface area is 340 Å². The van der Waals surface area contributed by atoms with Gasteiger partial charge in [0, 0.05) is 13.0 Å². The summed E-state index contributed by atoms with van der Waals surface area (Å²) in [6.07, 6.45) is 9.84. The normalized spacial score (nSPS) is 12.7. The Balaban J connectivity index is 2.02. The zero-order valence-corrected chi connectivity index (χ0v) is 35.0. The van der Waals surface area contributed by atoms with Crippen LogP contribution in [0.3, 0.4) is 0 Å². The average Bonchev–Trinajstić information content (AvgIpc) is 3.19. The predicted octanol–water partition coefficient (Wildman–Crippen LogP) is 6.05. The van der Waals surface area contributed by atoms with Crippen molar-refractivity contribution in [2.45, 2.75) is 129 Å². The standard InChI is InChI=1S/C44H69N5O8/c1-34(2)30-38(43(53)55-5)48-41(51)37(26-19-20-28-45-44(54)57-32-36-24-16-13-17-25-36)47-42(52)39(33-56-31-35-22-14-12-15-23-35)46-40(50)27-18-10-8-6-7-9-11-21-29-49(3)4/h12-17,22-25,34,37-39H,6-11,18-21,26-33H2,1-5H3,(H,45,54)(H,46,50)(H,47,52)(H,48,51)/t37-,38-,39-/m0/s1. The van der Waals surface area contributed by atoms with Gasteiger partial charge in [0.25, 0.3) is 0 Å². The molecule has 0 saturated heterocycles. The topological polar surface area (TPSA) is 164 Å². The summed E-state index contributed by atoms with van der Waals surface area (Å²) in [7, 11) is 5.45. The van der Waals surface area contributed by atoms with Gasteiger partial charge in [-0.05, 0) is 76.2 Å². The van der Waals surface area contributed by atoms with E-state index in [2.05, 4.69) is 40.3 Å². The summed E-state index contributed by atoms with van der Waals surface area (Å²) in [6, 6.07) is 15.8. The lowest BCUT2D eigenvalue weighted by atomic mass is 10.0. The summed E-state index contributed by atoms with van der Waals surface area (Å²) in [5, 5.41) is 11.1. The largest absolute Gasteiger partial charge is 0.467 e. The van der Waals surface area contributed by atoms with Crippen LogP contribution in [0, 0.1) is 5.92 Å². The maximum atomic E-state index is 13.9. The molecule has 0 spiro atoms. The zero-order valence-electron chi connectivity index (χ0n) is 35.0. The monoisotopic (exact) mass is 796 g/mol. The second kappa shape index (κ2) is 29.7. The Kier molecular flexibility index (Phi) is 25.4. The fourth-order valence-corrected chi connectivity index (χ4v) is 6.17. The summed E-state index contributed by atoms with van der Waals surface area (Å²) in [4.78, 5) is 67.7. The summed E-state index contributed by atoms with van der Waals surface area (Å²) in [6.45, 7) is 5.52. The molecule has 4 N–H and O–H groups in total. The van der Waals surface area contributed by atoms with Crippen LogP contribution in [0.1, 0.15) is 108 Å². The molecular weight excluding hydrogens is 727 g/mol. The van der Waals surface area contributed by atoms with Crippen molar-refractivity contribution >= 4 is 29.8 Å². The molecule has 0 aliphatic heterocycles. The van der Waals surface area contributed by atoms with Crippen LogP contribution in [0.15, 0.2) is 60.7 Å². The smallest absolute Gasteiger partial charge is 0.407 e. The molecule has 13 heteroatoms. The van der Waals surface area contributed by atoms with E-state index in [1.807, 2.05) is 74.5 Å². The molecule has 0 fully saturated rings. The molecule has 3 atom stereocenters. The highest BCUT2D eigenvalue weighted by Crippen LogP contribution is 2.12. The van der Waals surface area contributed by atoms with E-state index in [0.29, 0.717) is 25.7 Å². The first-order chi connectivity index (χ1) is 27.5. The van der Waals surface area contributed by atoms with Crippen LogP contribution >= 0.6 is 0 Å². The van der Waals surface area contributed by atoms with Crippen molar-refractivity contribution in [3.8, 4) is 0 Å². The molecule has 2 aromatic rings. The number of carbonyl (C=O) groups excluding carboxylic acids is 5. The summed E-state index contributed by atoms with van der Waals surface area (Å²) in [5.74, 6) is -1.90. The summed E-state index contributed by atoms with van der Waals surface area (Å²) < 4.78 is 16.1. The Morgan fingerprint density at radius 1 is 0.649 bits per heavy atom. The van der Waals surface area contributed by atoms with Gasteiger partial charge < -0.3 is 40.4 Å². The highest BCUT2D eigenvalue weighted by atomic mass is 16.5. The van der Waals surface area contributed by atoms with E-state index < -0.39 is 42.0 Å². The van der Waals surface area contributed by atoms with Gasteiger partial charge in [0.15, 0.2) is 0 Å². The third-order valence-electron chi connectivity index (χ3n) is 9.35. The number of nitrogens with one attached hydrogen (secondary N) is 4. The van der Waals surface area contributed by atoms with Crippen LogP contribution < -0.4 is 21.3 Å². The molecule has 2 aromatic carbocycles. The van der Waals surface area contributed by atoms with E-state index in [-0.39, 0.29) is 51.0 Å². The van der Waals surface area contributed by atoms with E-state index in [1.165, 1.54) is 32.8 Å². The van der Waals surface area contributed by atoms with E-state index in [4.69, 9.17) is 14.2 Å². The maximum absolute atomic E-state index is 13.9. The van der Waals surface area contributed by atoms with E-state index in [9.17, 15) is 24.0 Å². The minimum atomic E-state index is -1.06. The Morgan fingerprint density at radius 2 is 1.21 bits per heavy atom. The van der Waals surface area contributed by atoms with Crippen molar-refractivity contribution in [2.75, 3.05) is 40.9 Å². The quantitative estimate of drug-likeness (QED) is 0.0545. The van der Waals surface area contributed by atoms with Crippen LogP contribution in [0.4, 0.5) is 4.79 Å². The van der Waals surface area contributed by atoms with Crippen molar-refractivity contribution in [1.29, 1.82) is 0 Å². The Bertz CT molecular complexity index is 1430. The van der Waals surface area contributed by atoms with Gasteiger partial charge in [-0.2, -0.15) is 0 Å². The number of hydrogen-bond acceptors (Lipinski definition) is 9. The van der Waals surface area contributed by atoms with Gasteiger partial charge in [-0.1, -0.05) is 113 Å². The van der Waals surface area contributed by atoms with Crippen molar-refractivity contribution in [3.63, 3.8) is 0 Å².